The van der Waals surface area contributed by atoms with Crippen LogP contribution in [0.4, 0.5) is 10.5 Å². The molecule has 0 saturated heterocycles. The zero-order chi connectivity index (χ0) is 19.8. The van der Waals surface area contributed by atoms with Crippen molar-refractivity contribution >= 4 is 22.1 Å². The van der Waals surface area contributed by atoms with E-state index in [0.717, 1.165) is 30.4 Å². The van der Waals surface area contributed by atoms with Gasteiger partial charge in [0, 0.05) is 11.6 Å². The van der Waals surface area contributed by atoms with Crippen molar-refractivity contribution < 1.29 is 27.8 Å². The molecule has 9 heteroatoms. The van der Waals surface area contributed by atoms with Crippen molar-refractivity contribution in [3.63, 3.8) is 0 Å². The van der Waals surface area contributed by atoms with Gasteiger partial charge in [0.15, 0.2) is 0 Å². The van der Waals surface area contributed by atoms with Gasteiger partial charge in [0.1, 0.15) is 12.0 Å². The first-order valence-electron chi connectivity index (χ1n) is 8.47. The van der Waals surface area contributed by atoms with Crippen molar-refractivity contribution in [1.29, 1.82) is 0 Å². The van der Waals surface area contributed by atoms with Gasteiger partial charge in [-0.25, -0.2) is 4.79 Å². The van der Waals surface area contributed by atoms with Crippen molar-refractivity contribution in [3.05, 3.63) is 41.2 Å². The van der Waals surface area contributed by atoms with Gasteiger partial charge in [0.2, 0.25) is 0 Å². The SMILES string of the molecule is COc1ccc2c(c1NC(=O)N[S+](=O)(O)c1cc(C(C)(C)O)co1)CCC2. The summed E-state index contributed by atoms with van der Waals surface area (Å²) in [5.74, 6) is 0.484. The van der Waals surface area contributed by atoms with Gasteiger partial charge in [-0.15, -0.1) is 4.72 Å². The molecule has 8 nitrogen and oxygen atoms in total. The molecule has 0 fully saturated rings. The molecule has 1 heterocycles. The monoisotopic (exact) mass is 395 g/mol. The number of furan rings is 1. The number of ether oxygens (including phenoxy) is 1. The fraction of sp³-hybridized carbons (Fsp3) is 0.389. The Kier molecular flexibility index (Phi) is 5.02. The molecule has 0 aliphatic heterocycles. The average Bonchev–Trinajstić information content (AvgIpc) is 3.24. The first-order valence-corrected chi connectivity index (χ1v) is 9.99. The molecule has 0 radical (unpaired) electrons. The standard InChI is InChI=1S/C18H22N2O6S/c1-18(2,22)12-9-15(26-10-12)27(23,24)20-17(21)19-16-13-6-4-5-11(13)7-8-14(16)25-3/h7-10,22H,4-6H2,1-3H3,(H2-,19,20,21,23,24)/p+1. The second-order valence-electron chi connectivity index (χ2n) is 6.93. The fourth-order valence-electron chi connectivity index (χ4n) is 3.05. The van der Waals surface area contributed by atoms with E-state index in [1.54, 1.807) is 6.07 Å². The number of methoxy groups -OCH3 is 1. The van der Waals surface area contributed by atoms with Crippen LogP contribution in [-0.2, 0) is 33.1 Å². The number of nitrogens with one attached hydrogen (secondary N) is 2. The van der Waals surface area contributed by atoms with Gasteiger partial charge < -0.3 is 19.6 Å². The third-order valence-corrected chi connectivity index (χ3v) is 5.71. The predicted octanol–water partition coefficient (Wildman–Crippen LogP) is 3.07. The Morgan fingerprint density at radius 2 is 2.07 bits per heavy atom. The number of hydrogen-bond donors (Lipinski definition) is 4. The summed E-state index contributed by atoms with van der Waals surface area (Å²) in [6, 6.07) is 4.10. The zero-order valence-electron chi connectivity index (χ0n) is 15.4. The molecule has 2 amide bonds. The lowest BCUT2D eigenvalue weighted by atomic mass is 10.0. The molecule has 0 spiro atoms. The van der Waals surface area contributed by atoms with E-state index in [4.69, 9.17) is 9.15 Å². The number of hydrogen-bond acceptors (Lipinski definition) is 5. The highest BCUT2D eigenvalue weighted by Crippen LogP contribution is 2.36. The second-order valence-corrected chi connectivity index (χ2v) is 8.59. The number of benzene rings is 1. The molecular weight excluding hydrogens is 372 g/mol. The van der Waals surface area contributed by atoms with Crippen molar-refractivity contribution in [3.8, 4) is 5.75 Å². The summed E-state index contributed by atoms with van der Waals surface area (Å²) in [6.07, 6.45) is 3.86. The van der Waals surface area contributed by atoms with E-state index in [1.807, 2.05) is 10.8 Å². The quantitative estimate of drug-likeness (QED) is 0.577. The smallest absolute Gasteiger partial charge is 0.387 e. The Bertz CT molecular complexity index is 915. The van der Waals surface area contributed by atoms with Crippen LogP contribution in [0.25, 0.3) is 0 Å². The first kappa shape index (κ1) is 19.4. The van der Waals surface area contributed by atoms with Crippen LogP contribution in [0, 0.1) is 0 Å². The van der Waals surface area contributed by atoms with Gasteiger partial charge in [0.05, 0.1) is 18.4 Å². The highest BCUT2D eigenvalue weighted by atomic mass is 32.3. The molecule has 2 aromatic rings. The van der Waals surface area contributed by atoms with E-state index in [9.17, 15) is 18.7 Å². The van der Waals surface area contributed by atoms with E-state index >= 15 is 0 Å². The molecule has 1 unspecified atom stereocenters. The van der Waals surface area contributed by atoms with Crippen LogP contribution < -0.4 is 14.8 Å². The van der Waals surface area contributed by atoms with Gasteiger partial charge in [-0.1, -0.05) is 6.07 Å². The normalized spacial score (nSPS) is 15.7. The van der Waals surface area contributed by atoms with Crippen molar-refractivity contribution in [2.45, 2.75) is 43.8 Å². The number of aryl methyl sites for hydroxylation is 1. The van der Waals surface area contributed by atoms with Gasteiger partial charge in [-0.3, -0.25) is 0 Å². The van der Waals surface area contributed by atoms with Gasteiger partial charge in [0.25, 0.3) is 0 Å². The molecule has 1 atom stereocenters. The van der Waals surface area contributed by atoms with Crippen LogP contribution in [0.2, 0.25) is 0 Å². The highest BCUT2D eigenvalue weighted by Gasteiger charge is 2.38. The van der Waals surface area contributed by atoms with E-state index in [2.05, 4.69) is 5.32 Å². The third kappa shape index (κ3) is 4.00. The predicted molar refractivity (Wildman–Crippen MR) is 100 cm³/mol. The maximum absolute atomic E-state index is 12.5. The minimum absolute atomic E-state index is 0.323. The van der Waals surface area contributed by atoms with Crippen molar-refractivity contribution in [1.82, 2.24) is 4.72 Å². The lowest BCUT2D eigenvalue weighted by molar-refractivity contribution is 0.0779. The molecule has 27 heavy (non-hydrogen) atoms. The number of amides is 2. The van der Waals surface area contributed by atoms with Gasteiger partial charge in [-0.05, 0) is 54.5 Å². The van der Waals surface area contributed by atoms with Crippen LogP contribution in [0.15, 0.2) is 34.0 Å². The lowest BCUT2D eigenvalue weighted by Crippen LogP contribution is -2.38. The van der Waals surface area contributed by atoms with Crippen LogP contribution in [-0.4, -0.2) is 22.8 Å². The van der Waals surface area contributed by atoms with Crippen LogP contribution in [0.1, 0.15) is 37.0 Å². The number of carbonyl (C=O) groups excluding carboxylic acids is 1. The number of anilines is 1. The van der Waals surface area contributed by atoms with Gasteiger partial charge in [-0.2, -0.15) is 4.55 Å². The number of aliphatic hydroxyl groups is 1. The molecule has 146 valence electrons. The summed E-state index contributed by atoms with van der Waals surface area (Å²) in [5, 5.41) is 12.2. The summed E-state index contributed by atoms with van der Waals surface area (Å²) in [4.78, 5) is 12.4. The Hall–Kier alpha value is -2.36. The highest BCUT2D eigenvalue weighted by molar-refractivity contribution is 7.96. The Morgan fingerprint density at radius 3 is 2.70 bits per heavy atom. The topological polar surface area (TPSA) is 121 Å². The largest absolute Gasteiger partial charge is 0.495 e. The maximum atomic E-state index is 12.5. The number of rotatable bonds is 5. The van der Waals surface area contributed by atoms with Crippen molar-refractivity contribution in [2.24, 2.45) is 0 Å². The Labute approximate surface area is 158 Å². The molecule has 0 bridgehead atoms. The summed E-state index contributed by atoms with van der Waals surface area (Å²) in [6.45, 7) is 3.03. The summed E-state index contributed by atoms with van der Waals surface area (Å²) >= 11 is 0. The molecule has 3 rings (SSSR count). The Morgan fingerprint density at radius 1 is 1.33 bits per heavy atom. The average molecular weight is 395 g/mol. The molecule has 1 aromatic heterocycles. The molecule has 1 aromatic carbocycles. The summed E-state index contributed by atoms with van der Waals surface area (Å²) < 4.78 is 35.1. The zero-order valence-corrected chi connectivity index (χ0v) is 16.2. The number of urea groups is 1. The van der Waals surface area contributed by atoms with E-state index < -0.39 is 22.0 Å². The fourth-order valence-corrected chi connectivity index (χ4v) is 3.92. The third-order valence-electron chi connectivity index (χ3n) is 4.49. The minimum Gasteiger partial charge on any atom is -0.495 e. The van der Waals surface area contributed by atoms with Crippen LogP contribution >= 0.6 is 0 Å². The van der Waals surface area contributed by atoms with Crippen LogP contribution in [0.5, 0.6) is 5.75 Å². The van der Waals surface area contributed by atoms with E-state index in [-0.39, 0.29) is 5.09 Å². The molecule has 4 N–H and O–H groups in total. The molecular formula is C18H23N2O6S+. The van der Waals surface area contributed by atoms with Gasteiger partial charge >= 0.3 is 21.5 Å². The minimum atomic E-state index is -3.98. The second kappa shape index (κ2) is 6.99. The molecule has 1 aliphatic carbocycles. The number of carbonyl (C=O) groups is 1. The van der Waals surface area contributed by atoms with E-state index in [1.165, 1.54) is 33.3 Å². The lowest BCUT2D eigenvalue weighted by Gasteiger charge is -2.14. The molecule has 1 aliphatic rings. The molecule has 0 saturated carbocycles. The summed E-state index contributed by atoms with van der Waals surface area (Å²) in [5.41, 5.74) is 1.67. The summed E-state index contributed by atoms with van der Waals surface area (Å²) in [7, 11) is -2.49. The maximum Gasteiger partial charge on any atom is 0.387 e. The van der Waals surface area contributed by atoms with Crippen molar-refractivity contribution in [2.75, 3.05) is 12.4 Å². The Balaban J connectivity index is 1.79. The number of fused-ring (bicyclic) bond motifs is 1. The first-order chi connectivity index (χ1) is 12.6. The van der Waals surface area contributed by atoms with E-state index in [0.29, 0.717) is 17.0 Å². The van der Waals surface area contributed by atoms with Crippen LogP contribution in [0.3, 0.4) is 0 Å².